The van der Waals surface area contributed by atoms with E-state index in [4.69, 9.17) is 4.52 Å². The molecule has 2 N–H and O–H groups in total. The predicted octanol–water partition coefficient (Wildman–Crippen LogP) is 2.95. The van der Waals surface area contributed by atoms with Gasteiger partial charge in [-0.2, -0.15) is 0 Å². The highest BCUT2D eigenvalue weighted by Gasteiger charge is 2.34. The van der Waals surface area contributed by atoms with Gasteiger partial charge in [0.15, 0.2) is 0 Å². The van der Waals surface area contributed by atoms with Crippen molar-refractivity contribution in [2.75, 3.05) is 13.2 Å². The first kappa shape index (κ1) is 17.0. The van der Waals surface area contributed by atoms with Crippen molar-refractivity contribution in [3.8, 4) is 0 Å². The maximum atomic E-state index is 12.6. The molecule has 0 unspecified atom stereocenters. The molecule has 0 atom stereocenters. The van der Waals surface area contributed by atoms with Gasteiger partial charge in [-0.25, -0.2) is 0 Å². The molecule has 0 bridgehead atoms. The van der Waals surface area contributed by atoms with Crippen LogP contribution in [0, 0.1) is 12.3 Å². The number of hydrogen-bond donors (Lipinski definition) is 2. The Morgan fingerprint density at radius 3 is 2.50 bits per heavy atom. The van der Waals surface area contributed by atoms with Crippen molar-refractivity contribution in [3.05, 3.63) is 17.0 Å². The molecular weight excluding hydrogens is 280 g/mol. The summed E-state index contributed by atoms with van der Waals surface area (Å²) in [5.41, 5.74) is 0.811. The van der Waals surface area contributed by atoms with Crippen molar-refractivity contribution >= 4 is 5.91 Å². The predicted molar refractivity (Wildman–Crippen MR) is 84.9 cm³/mol. The second-order valence-corrected chi connectivity index (χ2v) is 7.61. The van der Waals surface area contributed by atoms with Crippen LogP contribution in [0.4, 0.5) is 0 Å². The third-order valence-electron chi connectivity index (χ3n) is 4.67. The topological polar surface area (TPSA) is 75.4 Å². The van der Waals surface area contributed by atoms with E-state index < -0.39 is 0 Å². The van der Waals surface area contributed by atoms with E-state index in [2.05, 4.69) is 10.5 Å². The van der Waals surface area contributed by atoms with Crippen molar-refractivity contribution in [1.29, 1.82) is 0 Å². The standard InChI is InChI=1S/C17H28N2O3/c1-12-13(14(19-22-12)16(2,3)4)15(21)18-10-17(11-20)8-6-5-7-9-17/h20H,5-11H2,1-4H3,(H,18,21). The zero-order valence-corrected chi connectivity index (χ0v) is 14.2. The summed E-state index contributed by atoms with van der Waals surface area (Å²) in [4.78, 5) is 12.6. The second kappa shape index (κ2) is 6.41. The van der Waals surface area contributed by atoms with Crippen LogP contribution in [0.5, 0.6) is 0 Å². The van der Waals surface area contributed by atoms with Crippen molar-refractivity contribution in [1.82, 2.24) is 10.5 Å². The van der Waals surface area contributed by atoms with Gasteiger partial charge in [0.05, 0.1) is 6.61 Å². The lowest BCUT2D eigenvalue weighted by Crippen LogP contribution is -2.42. The molecule has 1 fully saturated rings. The Balaban J connectivity index is 2.11. The monoisotopic (exact) mass is 308 g/mol. The lowest BCUT2D eigenvalue weighted by atomic mass is 9.74. The van der Waals surface area contributed by atoms with Crippen molar-refractivity contribution in [2.24, 2.45) is 5.41 Å². The number of rotatable bonds is 4. The second-order valence-electron chi connectivity index (χ2n) is 7.61. The van der Waals surface area contributed by atoms with Gasteiger partial charge in [0.2, 0.25) is 0 Å². The van der Waals surface area contributed by atoms with Crippen LogP contribution in [0.1, 0.15) is 74.7 Å². The highest BCUT2D eigenvalue weighted by atomic mass is 16.5. The number of carbonyl (C=O) groups is 1. The first-order valence-electron chi connectivity index (χ1n) is 8.15. The average molecular weight is 308 g/mol. The molecule has 5 nitrogen and oxygen atoms in total. The molecule has 5 heteroatoms. The summed E-state index contributed by atoms with van der Waals surface area (Å²) in [6.45, 7) is 8.43. The fourth-order valence-electron chi connectivity index (χ4n) is 3.20. The van der Waals surface area contributed by atoms with E-state index in [1.807, 2.05) is 20.8 Å². The Hall–Kier alpha value is -1.36. The number of hydrogen-bond acceptors (Lipinski definition) is 4. The molecule has 0 aliphatic heterocycles. The molecule has 22 heavy (non-hydrogen) atoms. The maximum Gasteiger partial charge on any atom is 0.256 e. The first-order chi connectivity index (χ1) is 10.3. The van der Waals surface area contributed by atoms with E-state index in [9.17, 15) is 9.90 Å². The van der Waals surface area contributed by atoms with Gasteiger partial charge in [0, 0.05) is 17.4 Å². The summed E-state index contributed by atoms with van der Waals surface area (Å²) >= 11 is 0. The van der Waals surface area contributed by atoms with Gasteiger partial charge >= 0.3 is 0 Å². The molecule has 1 amide bonds. The number of nitrogens with zero attached hydrogens (tertiary/aromatic N) is 1. The van der Waals surface area contributed by atoms with Crippen molar-refractivity contribution < 1.29 is 14.4 Å². The van der Waals surface area contributed by atoms with Crippen LogP contribution >= 0.6 is 0 Å². The minimum Gasteiger partial charge on any atom is -0.396 e. The van der Waals surface area contributed by atoms with E-state index in [0.29, 0.717) is 23.6 Å². The Bertz CT molecular complexity index is 522. The normalized spacial score (nSPS) is 18.2. The summed E-state index contributed by atoms with van der Waals surface area (Å²) < 4.78 is 5.23. The van der Waals surface area contributed by atoms with Crippen LogP contribution in [0.3, 0.4) is 0 Å². The molecule has 2 rings (SSSR count). The lowest BCUT2D eigenvalue weighted by molar-refractivity contribution is 0.0716. The van der Waals surface area contributed by atoms with Gasteiger partial charge in [-0.1, -0.05) is 45.2 Å². The summed E-state index contributed by atoms with van der Waals surface area (Å²) in [7, 11) is 0. The number of nitrogens with one attached hydrogen (secondary N) is 1. The minimum absolute atomic E-state index is 0.127. The molecular formula is C17H28N2O3. The van der Waals surface area contributed by atoms with Crippen LogP contribution in [0.15, 0.2) is 4.52 Å². The van der Waals surface area contributed by atoms with Gasteiger partial charge in [-0.05, 0) is 19.8 Å². The van der Waals surface area contributed by atoms with Gasteiger partial charge in [0.1, 0.15) is 17.0 Å². The summed E-state index contributed by atoms with van der Waals surface area (Å²) in [5.74, 6) is 0.395. The minimum atomic E-state index is -0.246. The average Bonchev–Trinajstić information content (AvgIpc) is 2.88. The summed E-state index contributed by atoms with van der Waals surface area (Å²) in [5, 5.41) is 16.8. The third kappa shape index (κ3) is 3.51. The molecule has 0 spiro atoms. The van der Waals surface area contributed by atoms with Crippen molar-refractivity contribution in [2.45, 2.75) is 65.2 Å². The third-order valence-corrected chi connectivity index (χ3v) is 4.67. The van der Waals surface area contributed by atoms with Crippen LogP contribution < -0.4 is 5.32 Å². The summed E-state index contributed by atoms with van der Waals surface area (Å²) in [6, 6.07) is 0. The zero-order chi connectivity index (χ0) is 16.4. The molecule has 1 aromatic rings. The van der Waals surface area contributed by atoms with E-state index in [1.54, 1.807) is 6.92 Å². The highest BCUT2D eigenvalue weighted by Crippen LogP contribution is 2.35. The Morgan fingerprint density at radius 2 is 1.95 bits per heavy atom. The molecule has 1 heterocycles. The first-order valence-corrected chi connectivity index (χ1v) is 8.15. The molecule has 0 saturated heterocycles. The van der Waals surface area contributed by atoms with E-state index in [1.165, 1.54) is 6.42 Å². The number of aliphatic hydroxyl groups excluding tert-OH is 1. The quantitative estimate of drug-likeness (QED) is 0.896. The van der Waals surface area contributed by atoms with Crippen LogP contribution in [-0.2, 0) is 5.41 Å². The van der Waals surface area contributed by atoms with E-state index in [-0.39, 0.29) is 23.3 Å². The van der Waals surface area contributed by atoms with Crippen LogP contribution in [0.2, 0.25) is 0 Å². The highest BCUT2D eigenvalue weighted by molar-refractivity contribution is 5.96. The van der Waals surface area contributed by atoms with Gasteiger partial charge in [0.25, 0.3) is 5.91 Å². The van der Waals surface area contributed by atoms with Gasteiger partial charge < -0.3 is 14.9 Å². The van der Waals surface area contributed by atoms with Gasteiger partial charge in [-0.3, -0.25) is 4.79 Å². The molecule has 1 saturated carbocycles. The molecule has 1 aliphatic carbocycles. The summed E-state index contributed by atoms with van der Waals surface area (Å²) in [6.07, 6.45) is 5.40. The zero-order valence-electron chi connectivity index (χ0n) is 14.2. The number of aromatic nitrogens is 1. The Kier molecular flexibility index (Phi) is 4.95. The molecule has 0 aromatic carbocycles. The largest absolute Gasteiger partial charge is 0.396 e. The molecule has 1 aromatic heterocycles. The fraction of sp³-hybridized carbons (Fsp3) is 0.765. The molecule has 1 aliphatic rings. The number of amides is 1. The van der Waals surface area contributed by atoms with E-state index >= 15 is 0 Å². The Labute approximate surface area is 132 Å². The molecule has 0 radical (unpaired) electrons. The Morgan fingerprint density at radius 1 is 1.32 bits per heavy atom. The molecule has 124 valence electrons. The van der Waals surface area contributed by atoms with E-state index in [0.717, 1.165) is 25.7 Å². The lowest BCUT2D eigenvalue weighted by Gasteiger charge is -2.35. The fourth-order valence-corrected chi connectivity index (χ4v) is 3.20. The van der Waals surface area contributed by atoms with Crippen LogP contribution in [-0.4, -0.2) is 29.3 Å². The maximum absolute atomic E-state index is 12.6. The van der Waals surface area contributed by atoms with Crippen molar-refractivity contribution in [3.63, 3.8) is 0 Å². The number of aliphatic hydroxyl groups is 1. The number of carbonyl (C=O) groups excluding carboxylic acids is 1. The SMILES string of the molecule is Cc1onc(C(C)(C)C)c1C(=O)NCC1(CO)CCCCC1. The van der Waals surface area contributed by atoms with Crippen LogP contribution in [0.25, 0.3) is 0 Å². The number of aryl methyl sites for hydroxylation is 1. The van der Waals surface area contributed by atoms with Gasteiger partial charge in [-0.15, -0.1) is 0 Å². The smallest absolute Gasteiger partial charge is 0.256 e.